The van der Waals surface area contributed by atoms with Crippen molar-refractivity contribution in [1.29, 1.82) is 0 Å². The number of nitro benzene ring substituents is 1. The molecule has 0 aliphatic rings. The van der Waals surface area contributed by atoms with E-state index in [4.69, 9.17) is 4.74 Å². The van der Waals surface area contributed by atoms with Crippen LogP contribution in [0.2, 0.25) is 0 Å². The van der Waals surface area contributed by atoms with Gasteiger partial charge in [-0.05, 0) is 25.1 Å². The molecule has 1 aromatic heterocycles. The third kappa shape index (κ3) is 3.37. The van der Waals surface area contributed by atoms with Crippen LogP contribution in [-0.4, -0.2) is 27.5 Å². The lowest BCUT2D eigenvalue weighted by Crippen LogP contribution is -2.12. The summed E-state index contributed by atoms with van der Waals surface area (Å²) in [5, 5.41) is 14.2. The van der Waals surface area contributed by atoms with Crippen molar-refractivity contribution in [3.05, 3.63) is 64.3 Å². The number of hydrogen-bond donors (Lipinski definition) is 1. The molecule has 0 aliphatic carbocycles. The van der Waals surface area contributed by atoms with E-state index in [-0.39, 0.29) is 34.8 Å². The highest BCUT2D eigenvalue weighted by atomic mass is 16.6. The van der Waals surface area contributed by atoms with Crippen LogP contribution in [0.25, 0.3) is 11.0 Å². The van der Waals surface area contributed by atoms with Gasteiger partial charge in [0.1, 0.15) is 0 Å². The number of carbonyl (C=O) groups is 1. The number of fused-ring (bicyclic) bond motifs is 1. The van der Waals surface area contributed by atoms with E-state index in [0.717, 1.165) is 0 Å². The lowest BCUT2D eigenvalue weighted by molar-refractivity contribution is -0.383. The van der Waals surface area contributed by atoms with Crippen LogP contribution in [-0.2, 0) is 4.74 Å². The Morgan fingerprint density at radius 2 is 1.92 bits per heavy atom. The molecule has 1 heterocycles. The number of benzene rings is 2. The standard InChI is InChI=1S/C17H14N4O4/c1-2-25-17(22)15-16(18-11-7-4-3-5-8-11)20-14-12(19-15)9-6-10-13(14)21(23)24/h3-10H,2H2,1H3,(H,18,20). The van der Waals surface area contributed by atoms with Crippen LogP contribution in [0.15, 0.2) is 48.5 Å². The predicted octanol–water partition coefficient (Wildman–Crippen LogP) is 3.46. The highest BCUT2D eigenvalue weighted by molar-refractivity contribution is 5.97. The largest absolute Gasteiger partial charge is 0.461 e. The number of hydrogen-bond acceptors (Lipinski definition) is 7. The highest BCUT2D eigenvalue weighted by Gasteiger charge is 2.22. The number of para-hydroxylation sites is 2. The number of ether oxygens (including phenoxy) is 1. The first-order valence-electron chi connectivity index (χ1n) is 7.54. The van der Waals surface area contributed by atoms with Crippen LogP contribution in [0.3, 0.4) is 0 Å². The van der Waals surface area contributed by atoms with Gasteiger partial charge in [-0.25, -0.2) is 14.8 Å². The second-order valence-electron chi connectivity index (χ2n) is 5.03. The first-order valence-corrected chi connectivity index (χ1v) is 7.54. The number of anilines is 2. The number of esters is 1. The molecular formula is C17H14N4O4. The first kappa shape index (κ1) is 16.3. The number of carbonyl (C=O) groups excluding carboxylic acids is 1. The van der Waals surface area contributed by atoms with E-state index in [2.05, 4.69) is 15.3 Å². The summed E-state index contributed by atoms with van der Waals surface area (Å²) in [5.41, 5.74) is 0.797. The van der Waals surface area contributed by atoms with E-state index in [9.17, 15) is 14.9 Å². The van der Waals surface area contributed by atoms with Gasteiger partial charge in [-0.1, -0.05) is 24.3 Å². The second kappa shape index (κ2) is 6.91. The quantitative estimate of drug-likeness (QED) is 0.431. The van der Waals surface area contributed by atoms with Crippen LogP contribution in [0.4, 0.5) is 17.2 Å². The van der Waals surface area contributed by atoms with E-state index < -0.39 is 10.9 Å². The van der Waals surface area contributed by atoms with E-state index in [1.54, 1.807) is 25.1 Å². The van der Waals surface area contributed by atoms with Gasteiger partial charge in [-0.3, -0.25) is 10.1 Å². The van der Waals surface area contributed by atoms with E-state index >= 15 is 0 Å². The van der Waals surface area contributed by atoms with Gasteiger partial charge in [0, 0.05) is 11.8 Å². The van der Waals surface area contributed by atoms with Crippen LogP contribution in [0, 0.1) is 10.1 Å². The van der Waals surface area contributed by atoms with Crippen molar-refractivity contribution in [2.75, 3.05) is 11.9 Å². The summed E-state index contributed by atoms with van der Waals surface area (Å²) in [5.74, 6) is -0.548. The van der Waals surface area contributed by atoms with Crippen molar-refractivity contribution in [3.8, 4) is 0 Å². The monoisotopic (exact) mass is 338 g/mol. The average molecular weight is 338 g/mol. The summed E-state index contributed by atoms with van der Waals surface area (Å²) in [7, 11) is 0. The molecule has 1 N–H and O–H groups in total. The van der Waals surface area contributed by atoms with E-state index in [1.165, 1.54) is 12.1 Å². The SMILES string of the molecule is CCOC(=O)c1nc2cccc([N+](=O)[O-])c2nc1Nc1ccccc1. The molecule has 0 bridgehead atoms. The van der Waals surface area contributed by atoms with Crippen LogP contribution in [0.1, 0.15) is 17.4 Å². The summed E-state index contributed by atoms with van der Waals surface area (Å²) in [4.78, 5) is 31.4. The Balaban J connectivity index is 2.19. The topological polar surface area (TPSA) is 107 Å². The molecule has 0 fully saturated rings. The maximum Gasteiger partial charge on any atom is 0.360 e. The van der Waals surface area contributed by atoms with Gasteiger partial charge in [-0.2, -0.15) is 0 Å². The second-order valence-corrected chi connectivity index (χ2v) is 5.03. The summed E-state index contributed by atoms with van der Waals surface area (Å²) in [6, 6.07) is 13.4. The first-order chi connectivity index (χ1) is 12.1. The number of rotatable bonds is 5. The Morgan fingerprint density at radius 1 is 1.16 bits per heavy atom. The fraction of sp³-hybridized carbons (Fsp3) is 0.118. The molecule has 8 nitrogen and oxygen atoms in total. The highest BCUT2D eigenvalue weighted by Crippen LogP contribution is 2.27. The summed E-state index contributed by atoms with van der Waals surface area (Å²) >= 11 is 0. The maximum atomic E-state index is 12.2. The molecule has 0 aliphatic heterocycles. The third-order valence-electron chi connectivity index (χ3n) is 3.38. The molecule has 0 saturated carbocycles. The third-order valence-corrected chi connectivity index (χ3v) is 3.38. The lowest BCUT2D eigenvalue weighted by atomic mass is 10.2. The summed E-state index contributed by atoms with van der Waals surface area (Å²) < 4.78 is 5.02. The van der Waals surface area contributed by atoms with E-state index in [1.807, 2.05) is 18.2 Å². The normalized spacial score (nSPS) is 10.4. The molecule has 2 aromatic carbocycles. The van der Waals surface area contributed by atoms with Gasteiger partial charge in [0.25, 0.3) is 5.69 Å². The van der Waals surface area contributed by atoms with Gasteiger partial charge < -0.3 is 10.1 Å². The molecule has 126 valence electrons. The number of aromatic nitrogens is 2. The lowest BCUT2D eigenvalue weighted by Gasteiger charge is -2.11. The van der Waals surface area contributed by atoms with Crippen molar-refractivity contribution in [1.82, 2.24) is 9.97 Å². The van der Waals surface area contributed by atoms with E-state index in [0.29, 0.717) is 5.69 Å². The molecule has 25 heavy (non-hydrogen) atoms. The van der Waals surface area contributed by atoms with Crippen molar-refractivity contribution >= 4 is 34.2 Å². The molecule has 0 unspecified atom stereocenters. The molecule has 0 amide bonds. The van der Waals surface area contributed by atoms with Gasteiger partial charge in [0.05, 0.1) is 17.0 Å². The molecule has 0 spiro atoms. The van der Waals surface area contributed by atoms with Crippen molar-refractivity contribution < 1.29 is 14.5 Å². The van der Waals surface area contributed by atoms with Crippen LogP contribution in [0.5, 0.6) is 0 Å². The zero-order valence-electron chi connectivity index (χ0n) is 13.3. The van der Waals surface area contributed by atoms with Gasteiger partial charge in [-0.15, -0.1) is 0 Å². The zero-order chi connectivity index (χ0) is 17.8. The predicted molar refractivity (Wildman–Crippen MR) is 91.9 cm³/mol. The number of nitrogens with one attached hydrogen (secondary N) is 1. The zero-order valence-corrected chi connectivity index (χ0v) is 13.3. The van der Waals surface area contributed by atoms with Crippen molar-refractivity contribution in [2.24, 2.45) is 0 Å². The molecule has 3 aromatic rings. The molecule has 8 heteroatoms. The van der Waals surface area contributed by atoms with Crippen molar-refractivity contribution in [2.45, 2.75) is 6.92 Å². The van der Waals surface area contributed by atoms with Gasteiger partial charge in [0.15, 0.2) is 17.0 Å². The molecule has 3 rings (SSSR count). The Bertz CT molecular complexity index is 944. The summed E-state index contributed by atoms with van der Waals surface area (Å²) in [6.45, 7) is 1.86. The Kier molecular flexibility index (Phi) is 4.51. The van der Waals surface area contributed by atoms with Crippen LogP contribution >= 0.6 is 0 Å². The van der Waals surface area contributed by atoms with Crippen molar-refractivity contribution in [3.63, 3.8) is 0 Å². The fourth-order valence-corrected chi connectivity index (χ4v) is 2.30. The fourth-order valence-electron chi connectivity index (χ4n) is 2.30. The van der Waals surface area contributed by atoms with Crippen LogP contribution < -0.4 is 5.32 Å². The molecular weight excluding hydrogens is 324 g/mol. The number of nitrogens with zero attached hydrogens (tertiary/aromatic N) is 3. The smallest absolute Gasteiger partial charge is 0.360 e. The van der Waals surface area contributed by atoms with Gasteiger partial charge in [0.2, 0.25) is 0 Å². The minimum Gasteiger partial charge on any atom is -0.461 e. The molecule has 0 saturated heterocycles. The molecule has 0 atom stereocenters. The summed E-state index contributed by atoms with van der Waals surface area (Å²) in [6.07, 6.45) is 0. The minimum absolute atomic E-state index is 0.0290. The molecule has 0 radical (unpaired) electrons. The number of non-ortho nitro benzene ring substituents is 1. The minimum atomic E-state index is -0.651. The maximum absolute atomic E-state index is 12.2. The average Bonchev–Trinajstić information content (AvgIpc) is 2.61. The Hall–Kier alpha value is -3.55. The Morgan fingerprint density at radius 3 is 2.60 bits per heavy atom. The Labute approximate surface area is 142 Å². The number of nitro groups is 1. The van der Waals surface area contributed by atoms with Gasteiger partial charge >= 0.3 is 5.97 Å².